The van der Waals surface area contributed by atoms with Crippen LogP contribution < -0.4 is 15.4 Å². The minimum absolute atomic E-state index is 0.219. The van der Waals surface area contributed by atoms with Crippen LogP contribution in [0.1, 0.15) is 12.8 Å². The maximum Gasteiger partial charge on any atom is 0.252 e. The predicted molar refractivity (Wildman–Crippen MR) is 95.8 cm³/mol. The highest BCUT2D eigenvalue weighted by atomic mass is 32.2. The number of benzene rings is 1. The van der Waals surface area contributed by atoms with Crippen molar-refractivity contribution in [3.05, 3.63) is 42.5 Å². The van der Waals surface area contributed by atoms with Gasteiger partial charge in [-0.25, -0.2) is 12.8 Å². The highest BCUT2D eigenvalue weighted by Crippen LogP contribution is 2.29. The van der Waals surface area contributed by atoms with Crippen LogP contribution in [0, 0.1) is 5.82 Å². The average Bonchev–Trinajstić information content (AvgIpc) is 3.12. The third-order valence-electron chi connectivity index (χ3n) is 4.32. The second-order valence-electron chi connectivity index (χ2n) is 6.26. The molecule has 2 aromatic rings. The molecule has 0 spiro atoms. The van der Waals surface area contributed by atoms with Gasteiger partial charge in [-0.05, 0) is 50.2 Å². The van der Waals surface area contributed by atoms with E-state index in [4.69, 9.17) is 0 Å². The molecule has 1 aromatic heterocycles. The van der Waals surface area contributed by atoms with E-state index < -0.39 is 21.4 Å². The van der Waals surface area contributed by atoms with Crippen molar-refractivity contribution in [2.75, 3.05) is 29.4 Å². The van der Waals surface area contributed by atoms with Gasteiger partial charge < -0.3 is 10.6 Å². The van der Waals surface area contributed by atoms with Crippen LogP contribution in [0.4, 0.5) is 15.8 Å². The third-order valence-corrected chi connectivity index (χ3v) is 4.91. The summed E-state index contributed by atoms with van der Waals surface area (Å²) in [5.41, 5.74) is -0.774. The number of halogens is 1. The molecule has 140 valence electrons. The number of rotatable bonds is 5. The molecule has 0 aliphatic carbocycles. The Morgan fingerprint density at radius 3 is 2.69 bits per heavy atom. The number of sulfonamides is 1. The number of hydrogen-bond acceptors (Lipinski definition) is 5. The molecule has 0 radical (unpaired) electrons. The molecule has 8 nitrogen and oxygen atoms in total. The number of aromatic nitrogens is 2. The Balaban J connectivity index is 1.87. The highest BCUT2D eigenvalue weighted by molar-refractivity contribution is 7.92. The van der Waals surface area contributed by atoms with Crippen molar-refractivity contribution in [1.29, 1.82) is 0 Å². The molecule has 3 rings (SSSR count). The summed E-state index contributed by atoms with van der Waals surface area (Å²) in [5, 5.41) is 10.2. The van der Waals surface area contributed by atoms with Gasteiger partial charge in [0, 0.05) is 18.1 Å². The smallest absolute Gasteiger partial charge is 0.252 e. The molecule has 1 fully saturated rings. The predicted octanol–water partition coefficient (Wildman–Crippen LogP) is 1.11. The monoisotopic (exact) mass is 381 g/mol. The van der Waals surface area contributed by atoms with E-state index in [1.54, 1.807) is 23.1 Å². The molecule has 0 bridgehead atoms. The minimum atomic E-state index is -3.64. The molecule has 0 saturated carbocycles. The fourth-order valence-electron chi connectivity index (χ4n) is 3.05. The van der Waals surface area contributed by atoms with Crippen LogP contribution >= 0.6 is 0 Å². The van der Waals surface area contributed by atoms with Crippen LogP contribution in [0.15, 0.2) is 36.7 Å². The quantitative estimate of drug-likeness (QED) is 0.720. The van der Waals surface area contributed by atoms with Crippen LogP contribution in [0.3, 0.4) is 0 Å². The first kappa shape index (κ1) is 18.3. The van der Waals surface area contributed by atoms with Crippen molar-refractivity contribution in [1.82, 2.24) is 15.1 Å². The lowest BCUT2D eigenvalue weighted by molar-refractivity contribution is -0.126. The highest BCUT2D eigenvalue weighted by Gasteiger charge is 2.42. The van der Waals surface area contributed by atoms with Crippen molar-refractivity contribution >= 4 is 27.3 Å². The fourth-order valence-corrected chi connectivity index (χ4v) is 3.61. The maximum absolute atomic E-state index is 13.8. The van der Waals surface area contributed by atoms with Gasteiger partial charge in [0.2, 0.25) is 10.0 Å². The summed E-state index contributed by atoms with van der Waals surface area (Å²) in [6.07, 6.45) is 5.39. The molecule has 10 heteroatoms. The van der Waals surface area contributed by atoms with E-state index in [2.05, 4.69) is 20.5 Å². The topological polar surface area (TPSA) is 105 Å². The van der Waals surface area contributed by atoms with E-state index in [-0.39, 0.29) is 11.6 Å². The van der Waals surface area contributed by atoms with Gasteiger partial charge in [0.1, 0.15) is 11.4 Å². The van der Waals surface area contributed by atoms with E-state index in [1.807, 2.05) is 0 Å². The SMILES string of the molecule is CS(=O)(=O)Nc1cc(NC(=O)C2(n3cccn3)CCNCC2)ccc1F. The van der Waals surface area contributed by atoms with E-state index in [0.29, 0.717) is 31.6 Å². The first-order valence-electron chi connectivity index (χ1n) is 8.10. The van der Waals surface area contributed by atoms with Gasteiger partial charge in [-0.2, -0.15) is 5.10 Å². The summed E-state index contributed by atoms with van der Waals surface area (Å²) < 4.78 is 40.3. The van der Waals surface area contributed by atoms with Crippen LogP contribution in [0.2, 0.25) is 0 Å². The Labute approximate surface area is 150 Å². The van der Waals surface area contributed by atoms with Crippen LogP contribution in [0.25, 0.3) is 0 Å². The summed E-state index contributed by atoms with van der Waals surface area (Å²) in [4.78, 5) is 13.0. The molecule has 2 heterocycles. The first-order valence-corrected chi connectivity index (χ1v) is 9.99. The van der Waals surface area contributed by atoms with Gasteiger partial charge in [0.15, 0.2) is 0 Å². The molecular formula is C16H20FN5O3S. The number of carbonyl (C=O) groups excluding carboxylic acids is 1. The molecule has 1 saturated heterocycles. The Morgan fingerprint density at radius 2 is 2.08 bits per heavy atom. The van der Waals surface area contributed by atoms with Crippen molar-refractivity contribution in [2.24, 2.45) is 0 Å². The summed E-state index contributed by atoms with van der Waals surface area (Å²) in [6, 6.07) is 5.50. The lowest BCUT2D eigenvalue weighted by Crippen LogP contribution is -2.52. The molecule has 1 amide bonds. The van der Waals surface area contributed by atoms with Gasteiger partial charge in [-0.1, -0.05) is 0 Å². The van der Waals surface area contributed by atoms with E-state index in [0.717, 1.165) is 12.3 Å². The lowest BCUT2D eigenvalue weighted by atomic mass is 9.87. The van der Waals surface area contributed by atoms with Crippen molar-refractivity contribution in [3.63, 3.8) is 0 Å². The zero-order valence-electron chi connectivity index (χ0n) is 14.2. The molecule has 1 aliphatic heterocycles. The van der Waals surface area contributed by atoms with Crippen LogP contribution in [-0.2, 0) is 20.4 Å². The normalized spacial score (nSPS) is 16.8. The van der Waals surface area contributed by atoms with E-state index in [9.17, 15) is 17.6 Å². The first-order chi connectivity index (χ1) is 12.3. The van der Waals surface area contributed by atoms with Crippen molar-refractivity contribution < 1.29 is 17.6 Å². The number of piperidine rings is 1. The Morgan fingerprint density at radius 1 is 1.35 bits per heavy atom. The van der Waals surface area contributed by atoms with Crippen LogP contribution in [-0.4, -0.2) is 43.5 Å². The van der Waals surface area contributed by atoms with Gasteiger partial charge in [-0.3, -0.25) is 14.2 Å². The lowest BCUT2D eigenvalue weighted by Gasteiger charge is -2.36. The average molecular weight is 381 g/mol. The molecule has 1 aromatic carbocycles. The standard InChI is InChI=1S/C16H20FN5O3S/c1-26(24,25)21-14-11-12(3-4-13(14)17)20-15(23)16(5-8-18-9-6-16)22-10-2-7-19-22/h2-4,7,10-11,18,21H,5-6,8-9H2,1H3,(H,20,23). The van der Waals surface area contributed by atoms with Crippen molar-refractivity contribution in [2.45, 2.75) is 18.4 Å². The Kier molecular flexibility index (Phi) is 4.97. The van der Waals surface area contributed by atoms with Gasteiger partial charge in [0.25, 0.3) is 5.91 Å². The molecule has 0 atom stereocenters. The zero-order chi connectivity index (χ0) is 18.8. The zero-order valence-corrected chi connectivity index (χ0v) is 15.0. The second-order valence-corrected chi connectivity index (χ2v) is 8.00. The summed E-state index contributed by atoms with van der Waals surface area (Å²) in [7, 11) is -3.64. The Hall–Kier alpha value is -2.46. The van der Waals surface area contributed by atoms with Crippen LogP contribution in [0.5, 0.6) is 0 Å². The van der Waals surface area contributed by atoms with Gasteiger partial charge in [0.05, 0.1) is 11.9 Å². The number of nitrogens with one attached hydrogen (secondary N) is 3. The molecule has 26 heavy (non-hydrogen) atoms. The number of anilines is 2. The molecule has 0 unspecified atom stereocenters. The third kappa shape index (κ3) is 3.86. The number of nitrogens with zero attached hydrogens (tertiary/aromatic N) is 2. The number of amides is 1. The molecule has 3 N–H and O–H groups in total. The van der Waals surface area contributed by atoms with Gasteiger partial charge >= 0.3 is 0 Å². The minimum Gasteiger partial charge on any atom is -0.324 e. The number of hydrogen-bond donors (Lipinski definition) is 3. The van der Waals surface area contributed by atoms with Gasteiger partial charge in [-0.15, -0.1) is 0 Å². The fraction of sp³-hybridized carbons (Fsp3) is 0.375. The number of carbonyl (C=O) groups is 1. The summed E-state index contributed by atoms with van der Waals surface area (Å²) in [6.45, 7) is 1.33. The maximum atomic E-state index is 13.8. The second kappa shape index (κ2) is 7.04. The summed E-state index contributed by atoms with van der Waals surface area (Å²) >= 11 is 0. The Bertz CT molecular complexity index is 893. The van der Waals surface area contributed by atoms with E-state index in [1.165, 1.54) is 12.1 Å². The van der Waals surface area contributed by atoms with E-state index >= 15 is 0 Å². The summed E-state index contributed by atoms with van der Waals surface area (Å²) in [5.74, 6) is -1.00. The molecular weight excluding hydrogens is 361 g/mol. The van der Waals surface area contributed by atoms with Crippen molar-refractivity contribution in [3.8, 4) is 0 Å². The molecule has 1 aliphatic rings. The largest absolute Gasteiger partial charge is 0.324 e.